The second-order valence-corrected chi connectivity index (χ2v) is 5.97. The van der Waals surface area contributed by atoms with Gasteiger partial charge in [-0.25, -0.2) is 0 Å². The Morgan fingerprint density at radius 3 is 2.44 bits per heavy atom. The van der Waals surface area contributed by atoms with Gasteiger partial charge in [0.15, 0.2) is 0 Å². The quantitative estimate of drug-likeness (QED) is 0.616. The van der Waals surface area contributed by atoms with Crippen molar-refractivity contribution >= 4 is 0 Å². The Hall–Kier alpha value is -0.860. The van der Waals surface area contributed by atoms with E-state index in [4.69, 9.17) is 5.84 Å². The molecule has 1 aromatic carbocycles. The Labute approximate surface area is 110 Å². The first-order chi connectivity index (χ1) is 8.85. The molecule has 3 atom stereocenters. The van der Waals surface area contributed by atoms with Gasteiger partial charge in [0.2, 0.25) is 0 Å². The van der Waals surface area contributed by atoms with Crippen molar-refractivity contribution in [2.45, 2.75) is 45.1 Å². The molecule has 0 saturated heterocycles. The van der Waals surface area contributed by atoms with Crippen LogP contribution in [-0.4, -0.2) is 0 Å². The fourth-order valence-corrected chi connectivity index (χ4v) is 3.98. The maximum Gasteiger partial charge on any atom is 0.0493 e. The molecular weight excluding hydrogens is 220 g/mol. The molecule has 0 amide bonds. The summed E-state index contributed by atoms with van der Waals surface area (Å²) in [5.41, 5.74) is 5.87. The molecule has 0 spiro atoms. The summed E-state index contributed by atoms with van der Waals surface area (Å²) < 4.78 is 0. The fourth-order valence-electron chi connectivity index (χ4n) is 3.98. The zero-order chi connectivity index (χ0) is 12.5. The summed E-state index contributed by atoms with van der Waals surface area (Å²) in [5.74, 6) is 8.48. The largest absolute Gasteiger partial charge is 0.271 e. The highest BCUT2D eigenvalue weighted by Crippen LogP contribution is 2.61. The third kappa shape index (κ3) is 2.08. The van der Waals surface area contributed by atoms with E-state index >= 15 is 0 Å². The molecule has 0 bridgehead atoms. The average Bonchev–Trinajstić information content (AvgIpc) is 2.86. The highest BCUT2D eigenvalue weighted by molar-refractivity contribution is 5.28. The van der Waals surface area contributed by atoms with Crippen LogP contribution in [0, 0.1) is 17.8 Å². The van der Waals surface area contributed by atoms with Crippen LogP contribution in [0.15, 0.2) is 24.3 Å². The van der Waals surface area contributed by atoms with E-state index in [2.05, 4.69) is 36.6 Å². The molecule has 3 rings (SSSR count). The van der Waals surface area contributed by atoms with E-state index < -0.39 is 0 Å². The molecule has 2 nitrogen and oxygen atoms in total. The molecule has 2 saturated carbocycles. The van der Waals surface area contributed by atoms with Crippen molar-refractivity contribution in [2.75, 3.05) is 0 Å². The van der Waals surface area contributed by atoms with E-state index in [0.29, 0.717) is 6.04 Å². The first-order valence-corrected chi connectivity index (χ1v) is 7.40. The lowest BCUT2D eigenvalue weighted by molar-refractivity contribution is 0.425. The highest BCUT2D eigenvalue weighted by atomic mass is 15.2. The first kappa shape index (κ1) is 12.2. The van der Waals surface area contributed by atoms with Crippen molar-refractivity contribution in [3.05, 3.63) is 35.4 Å². The highest BCUT2D eigenvalue weighted by Gasteiger charge is 2.55. The molecule has 1 aromatic rings. The normalized spacial score (nSPS) is 31.1. The van der Waals surface area contributed by atoms with Gasteiger partial charge in [0, 0.05) is 6.04 Å². The van der Waals surface area contributed by atoms with E-state index in [1.165, 1.54) is 43.2 Å². The van der Waals surface area contributed by atoms with Gasteiger partial charge in [0.05, 0.1) is 0 Å². The van der Waals surface area contributed by atoms with E-state index in [1.807, 2.05) is 0 Å². The van der Waals surface area contributed by atoms with Crippen molar-refractivity contribution in [2.24, 2.45) is 23.6 Å². The Morgan fingerprint density at radius 1 is 1.22 bits per heavy atom. The number of fused-ring (bicyclic) bond motifs is 1. The molecule has 3 N–H and O–H groups in total. The minimum Gasteiger partial charge on any atom is -0.271 e. The zero-order valence-electron chi connectivity index (χ0n) is 11.2. The molecule has 2 heteroatoms. The van der Waals surface area contributed by atoms with Crippen LogP contribution in [0.4, 0.5) is 0 Å². The van der Waals surface area contributed by atoms with Gasteiger partial charge in [-0.15, -0.1) is 0 Å². The first-order valence-electron chi connectivity index (χ1n) is 7.40. The lowest BCUT2D eigenvalue weighted by Crippen LogP contribution is -2.30. The third-order valence-electron chi connectivity index (χ3n) is 4.91. The summed E-state index contributed by atoms with van der Waals surface area (Å²) in [7, 11) is 0. The van der Waals surface area contributed by atoms with Crippen LogP contribution in [0.25, 0.3) is 0 Å². The lowest BCUT2D eigenvalue weighted by atomic mass is 9.96. The molecule has 2 aliphatic carbocycles. The monoisotopic (exact) mass is 244 g/mol. The van der Waals surface area contributed by atoms with Crippen molar-refractivity contribution in [3.8, 4) is 0 Å². The number of hydrazine groups is 1. The topological polar surface area (TPSA) is 38.0 Å². The van der Waals surface area contributed by atoms with Crippen molar-refractivity contribution < 1.29 is 0 Å². The number of hydrogen-bond donors (Lipinski definition) is 2. The molecule has 0 aromatic heterocycles. The smallest absolute Gasteiger partial charge is 0.0493 e. The van der Waals surface area contributed by atoms with E-state index in [9.17, 15) is 0 Å². The molecule has 0 aliphatic heterocycles. The van der Waals surface area contributed by atoms with Crippen molar-refractivity contribution in [1.82, 2.24) is 5.43 Å². The maximum absolute atomic E-state index is 5.80. The minimum absolute atomic E-state index is 0.371. The average molecular weight is 244 g/mol. The summed E-state index contributed by atoms with van der Waals surface area (Å²) in [4.78, 5) is 0. The summed E-state index contributed by atoms with van der Waals surface area (Å²) in [6.07, 6.45) is 6.65. The SMILES string of the molecule is CCCc1ccc(C(NN)C2C3CCCC32)cc1. The second-order valence-electron chi connectivity index (χ2n) is 5.97. The van der Waals surface area contributed by atoms with Gasteiger partial charge in [-0.05, 0) is 48.1 Å². The molecule has 2 aliphatic rings. The number of hydrogen-bond acceptors (Lipinski definition) is 2. The zero-order valence-corrected chi connectivity index (χ0v) is 11.2. The summed E-state index contributed by atoms with van der Waals surface area (Å²) in [5, 5.41) is 0. The Morgan fingerprint density at radius 2 is 1.89 bits per heavy atom. The Bertz CT molecular complexity index is 388. The fraction of sp³-hybridized carbons (Fsp3) is 0.625. The Balaban J connectivity index is 1.71. The van der Waals surface area contributed by atoms with Gasteiger partial charge in [-0.1, -0.05) is 44.0 Å². The van der Waals surface area contributed by atoms with Crippen LogP contribution in [0.5, 0.6) is 0 Å². The predicted molar refractivity (Wildman–Crippen MR) is 74.8 cm³/mol. The number of rotatable bonds is 5. The standard InChI is InChI=1S/C16H24N2/c1-2-4-11-7-9-12(10-8-11)16(18-17)15-13-5-3-6-14(13)15/h7-10,13-16,18H,2-6,17H2,1H3. The maximum atomic E-state index is 5.80. The lowest BCUT2D eigenvalue weighted by Gasteiger charge is -2.18. The van der Waals surface area contributed by atoms with Crippen molar-refractivity contribution in [1.29, 1.82) is 0 Å². The predicted octanol–water partition coefficient (Wildman–Crippen LogP) is 3.19. The van der Waals surface area contributed by atoms with Gasteiger partial charge >= 0.3 is 0 Å². The van der Waals surface area contributed by atoms with Gasteiger partial charge in [-0.2, -0.15) is 0 Å². The van der Waals surface area contributed by atoms with Gasteiger partial charge in [0.1, 0.15) is 0 Å². The molecular formula is C16H24N2. The van der Waals surface area contributed by atoms with Gasteiger partial charge in [-0.3, -0.25) is 11.3 Å². The number of nitrogens with one attached hydrogen (secondary N) is 1. The van der Waals surface area contributed by atoms with Crippen molar-refractivity contribution in [3.63, 3.8) is 0 Å². The second kappa shape index (κ2) is 5.02. The molecule has 0 heterocycles. The van der Waals surface area contributed by atoms with E-state index in [0.717, 1.165) is 17.8 Å². The van der Waals surface area contributed by atoms with E-state index in [-0.39, 0.29) is 0 Å². The molecule has 18 heavy (non-hydrogen) atoms. The minimum atomic E-state index is 0.371. The molecule has 0 radical (unpaired) electrons. The van der Waals surface area contributed by atoms with Crippen LogP contribution in [0.2, 0.25) is 0 Å². The summed E-state index contributed by atoms with van der Waals surface area (Å²) in [6.45, 7) is 2.23. The number of benzene rings is 1. The van der Waals surface area contributed by atoms with Gasteiger partial charge < -0.3 is 0 Å². The molecule has 3 unspecified atom stereocenters. The van der Waals surface area contributed by atoms with Crippen LogP contribution in [0.3, 0.4) is 0 Å². The summed E-state index contributed by atoms with van der Waals surface area (Å²) in [6, 6.07) is 9.44. The Kier molecular flexibility index (Phi) is 3.40. The molecule has 2 fully saturated rings. The summed E-state index contributed by atoms with van der Waals surface area (Å²) >= 11 is 0. The van der Waals surface area contributed by atoms with Crippen LogP contribution < -0.4 is 11.3 Å². The van der Waals surface area contributed by atoms with Crippen LogP contribution >= 0.6 is 0 Å². The van der Waals surface area contributed by atoms with Crippen LogP contribution in [0.1, 0.15) is 49.8 Å². The van der Waals surface area contributed by atoms with E-state index in [1.54, 1.807) is 0 Å². The van der Waals surface area contributed by atoms with Gasteiger partial charge in [0.25, 0.3) is 0 Å². The van der Waals surface area contributed by atoms with Crippen LogP contribution in [-0.2, 0) is 6.42 Å². The number of aryl methyl sites for hydroxylation is 1. The molecule has 98 valence electrons. The third-order valence-corrected chi connectivity index (χ3v) is 4.91. The number of nitrogens with two attached hydrogens (primary N) is 1.